The van der Waals surface area contributed by atoms with E-state index in [2.05, 4.69) is 40.2 Å². The number of para-hydroxylation sites is 1. The molecule has 0 aliphatic heterocycles. The second-order valence-corrected chi connectivity index (χ2v) is 8.76. The molecule has 0 radical (unpaired) electrons. The van der Waals surface area contributed by atoms with E-state index in [-0.39, 0.29) is 16.9 Å². The summed E-state index contributed by atoms with van der Waals surface area (Å²) in [7, 11) is 1.85. The molecule has 204 valence electrons. The van der Waals surface area contributed by atoms with Crippen molar-refractivity contribution >= 4 is 41.1 Å². The van der Waals surface area contributed by atoms with Gasteiger partial charge in [-0.1, -0.05) is 55.7 Å². The van der Waals surface area contributed by atoms with Gasteiger partial charge in [0, 0.05) is 37.0 Å². The van der Waals surface area contributed by atoms with Gasteiger partial charge in [0.2, 0.25) is 0 Å². The van der Waals surface area contributed by atoms with E-state index in [1.165, 1.54) is 12.3 Å². The van der Waals surface area contributed by atoms with E-state index in [9.17, 15) is 9.59 Å². The van der Waals surface area contributed by atoms with Crippen molar-refractivity contribution in [1.29, 1.82) is 0 Å². The molecule has 10 heteroatoms. The van der Waals surface area contributed by atoms with Crippen LogP contribution in [0.1, 0.15) is 39.8 Å². The van der Waals surface area contributed by atoms with E-state index in [0.717, 1.165) is 17.1 Å². The summed E-state index contributed by atoms with van der Waals surface area (Å²) in [5.41, 5.74) is 14.4. The summed E-state index contributed by atoms with van der Waals surface area (Å²) in [6, 6.07) is 15.2. The smallest absolute Gasteiger partial charge is 0.267 e. The van der Waals surface area contributed by atoms with E-state index in [1.54, 1.807) is 15.4 Å². The molecule has 0 aliphatic rings. The van der Waals surface area contributed by atoms with Crippen LogP contribution >= 0.6 is 0 Å². The fourth-order valence-electron chi connectivity index (χ4n) is 4.18. The van der Waals surface area contributed by atoms with Gasteiger partial charge in [0.1, 0.15) is 17.2 Å². The lowest BCUT2D eigenvalue weighted by atomic mass is 10.1. The van der Waals surface area contributed by atoms with E-state index in [0.29, 0.717) is 34.1 Å². The number of rotatable bonds is 5. The maximum Gasteiger partial charge on any atom is 0.267 e. The lowest BCUT2D eigenvalue weighted by Gasteiger charge is -2.13. The minimum absolute atomic E-state index is 0.0468. The van der Waals surface area contributed by atoms with Gasteiger partial charge in [-0.25, -0.2) is 9.97 Å². The van der Waals surface area contributed by atoms with Crippen LogP contribution in [0.25, 0.3) is 22.7 Å². The molecule has 0 unspecified atom stereocenters. The Kier molecular flexibility index (Phi) is 8.50. The number of aromatic nitrogens is 5. The van der Waals surface area contributed by atoms with Crippen LogP contribution in [0, 0.1) is 11.8 Å². The second kappa shape index (κ2) is 12.4. The quantitative estimate of drug-likeness (QED) is 0.254. The lowest BCUT2D eigenvalue weighted by molar-refractivity contribution is 0.100. The minimum atomic E-state index is -0.680. The van der Waals surface area contributed by atoms with Crippen molar-refractivity contribution in [2.45, 2.75) is 13.3 Å². The van der Waals surface area contributed by atoms with Gasteiger partial charge in [-0.15, -0.1) is 0 Å². The highest BCUT2D eigenvalue weighted by Gasteiger charge is 2.15. The van der Waals surface area contributed by atoms with Gasteiger partial charge in [-0.3, -0.25) is 23.8 Å². The molecule has 3 heterocycles. The summed E-state index contributed by atoms with van der Waals surface area (Å²) in [5.74, 6) is 6.30. The standard InChI is InChI=1S/C22H18N4O.C9H10N4O/c1-3-20-24-19-11-7-8-17(13-12-16-14-23-25(2)15-16)21(19)22(27)26(20)18-9-5-4-6-10-18;1-3-5-4-13-8(10)6(9(11)14)7(5)12-2/h4-11,14-15H,3H2,1-2H3;3-4H,1-2H2,(H2,10,13)(H2,11,14). The molecule has 0 saturated heterocycles. The van der Waals surface area contributed by atoms with E-state index in [4.69, 9.17) is 16.5 Å². The number of benzene rings is 2. The van der Waals surface area contributed by atoms with Crippen LogP contribution in [0.2, 0.25) is 0 Å². The summed E-state index contributed by atoms with van der Waals surface area (Å²) < 4.78 is 3.38. The van der Waals surface area contributed by atoms with Gasteiger partial charge in [-0.2, -0.15) is 5.10 Å². The highest BCUT2D eigenvalue weighted by molar-refractivity contribution is 6.03. The number of nitrogens with zero attached hydrogens (tertiary/aromatic N) is 6. The number of aliphatic imine (C=N–C) groups is 1. The van der Waals surface area contributed by atoms with Crippen molar-refractivity contribution in [3.05, 3.63) is 112 Å². The van der Waals surface area contributed by atoms with Crippen molar-refractivity contribution in [3.63, 3.8) is 0 Å². The molecule has 0 saturated carbocycles. The number of fused-ring (bicyclic) bond motifs is 1. The molecule has 0 aliphatic carbocycles. The van der Waals surface area contributed by atoms with E-state index >= 15 is 0 Å². The van der Waals surface area contributed by atoms with Gasteiger partial charge in [0.15, 0.2) is 0 Å². The number of nitrogen functional groups attached to an aromatic ring is 1. The third-order valence-electron chi connectivity index (χ3n) is 6.08. The largest absolute Gasteiger partial charge is 0.383 e. The van der Waals surface area contributed by atoms with Crippen molar-refractivity contribution < 1.29 is 4.79 Å². The van der Waals surface area contributed by atoms with Crippen LogP contribution < -0.4 is 17.0 Å². The van der Waals surface area contributed by atoms with Gasteiger partial charge in [-0.05, 0) is 31.0 Å². The number of aryl methyl sites for hydroxylation is 2. The molecular formula is C31H28N8O2. The number of pyridine rings is 1. The first kappa shape index (κ1) is 28.2. The number of hydrogen-bond acceptors (Lipinski definition) is 7. The fourth-order valence-corrected chi connectivity index (χ4v) is 4.18. The summed E-state index contributed by atoms with van der Waals surface area (Å²) in [6.45, 7) is 8.88. The summed E-state index contributed by atoms with van der Waals surface area (Å²) in [5, 5.41) is 4.66. The predicted octanol–water partition coefficient (Wildman–Crippen LogP) is 3.82. The SMILES string of the molecule is C=Cc1cnc(N)c(C(N)=O)c1N=C.CCc1nc2cccc(C#Cc3cnn(C)c3)c2c(=O)n1-c1ccccc1. The van der Waals surface area contributed by atoms with Crippen LogP contribution in [0.15, 0.2) is 83.5 Å². The van der Waals surface area contributed by atoms with Crippen molar-refractivity contribution in [2.24, 2.45) is 17.8 Å². The topological polar surface area (TPSA) is 147 Å². The van der Waals surface area contributed by atoms with Crippen LogP contribution in [-0.2, 0) is 13.5 Å². The molecule has 0 fully saturated rings. The number of anilines is 1. The Morgan fingerprint density at radius 3 is 2.49 bits per heavy atom. The molecule has 0 atom stereocenters. The van der Waals surface area contributed by atoms with Crippen molar-refractivity contribution in [2.75, 3.05) is 5.73 Å². The zero-order valence-corrected chi connectivity index (χ0v) is 22.7. The number of hydrogen-bond donors (Lipinski definition) is 2. The number of carbonyl (C=O) groups excluding carboxylic acids is 1. The molecule has 4 N–H and O–H groups in total. The van der Waals surface area contributed by atoms with E-state index < -0.39 is 5.91 Å². The van der Waals surface area contributed by atoms with Gasteiger partial charge < -0.3 is 11.5 Å². The molecule has 0 bridgehead atoms. The van der Waals surface area contributed by atoms with Crippen LogP contribution in [0.5, 0.6) is 0 Å². The normalized spacial score (nSPS) is 10.2. The summed E-state index contributed by atoms with van der Waals surface area (Å²) in [4.78, 5) is 36.6. The first-order valence-corrected chi connectivity index (χ1v) is 12.6. The molecule has 0 spiro atoms. The first-order chi connectivity index (χ1) is 19.8. The Morgan fingerprint density at radius 2 is 1.88 bits per heavy atom. The summed E-state index contributed by atoms with van der Waals surface area (Å²) in [6.07, 6.45) is 7.16. The number of carbonyl (C=O) groups is 1. The highest BCUT2D eigenvalue weighted by Crippen LogP contribution is 2.27. The highest BCUT2D eigenvalue weighted by atomic mass is 16.1. The lowest BCUT2D eigenvalue weighted by Crippen LogP contribution is -2.24. The predicted molar refractivity (Wildman–Crippen MR) is 162 cm³/mol. The minimum Gasteiger partial charge on any atom is -0.383 e. The summed E-state index contributed by atoms with van der Waals surface area (Å²) >= 11 is 0. The molecule has 2 aromatic carbocycles. The van der Waals surface area contributed by atoms with Gasteiger partial charge in [0.05, 0.1) is 34.0 Å². The Balaban J connectivity index is 0.000000234. The van der Waals surface area contributed by atoms with Crippen molar-refractivity contribution in [3.8, 4) is 17.5 Å². The monoisotopic (exact) mass is 544 g/mol. The van der Waals surface area contributed by atoms with Gasteiger partial charge >= 0.3 is 0 Å². The zero-order valence-electron chi connectivity index (χ0n) is 22.7. The Labute approximate surface area is 236 Å². The van der Waals surface area contributed by atoms with Gasteiger partial charge in [0.25, 0.3) is 11.5 Å². The Morgan fingerprint density at radius 1 is 1.12 bits per heavy atom. The molecule has 5 aromatic rings. The molecular weight excluding hydrogens is 516 g/mol. The number of primary amides is 1. The second-order valence-electron chi connectivity index (χ2n) is 8.76. The molecule has 1 amide bonds. The third-order valence-corrected chi connectivity index (χ3v) is 6.08. The van der Waals surface area contributed by atoms with Crippen molar-refractivity contribution in [1.82, 2.24) is 24.3 Å². The first-order valence-electron chi connectivity index (χ1n) is 12.6. The van der Waals surface area contributed by atoms with Crippen LogP contribution in [0.4, 0.5) is 11.5 Å². The maximum atomic E-state index is 13.4. The Hall–Kier alpha value is -5.82. The maximum absolute atomic E-state index is 13.4. The molecule has 41 heavy (non-hydrogen) atoms. The average molecular weight is 545 g/mol. The fraction of sp³-hybridized carbons (Fsp3) is 0.0968. The third kappa shape index (κ3) is 5.94. The van der Waals surface area contributed by atoms with Crippen LogP contribution in [-0.4, -0.2) is 36.9 Å². The zero-order chi connectivity index (χ0) is 29.5. The molecule has 5 rings (SSSR count). The number of amides is 1. The Bertz CT molecular complexity index is 1890. The van der Waals surface area contributed by atoms with Crippen LogP contribution in [0.3, 0.4) is 0 Å². The molecule has 10 nitrogen and oxygen atoms in total. The average Bonchev–Trinajstić information content (AvgIpc) is 3.40. The van der Waals surface area contributed by atoms with E-state index in [1.807, 2.05) is 68.7 Å². The molecule has 3 aromatic heterocycles. The number of nitrogens with two attached hydrogens (primary N) is 2.